The summed E-state index contributed by atoms with van der Waals surface area (Å²) in [4.78, 5) is 12.3. The molecule has 0 unspecified atom stereocenters. The highest BCUT2D eigenvalue weighted by molar-refractivity contribution is 6.30. The predicted molar refractivity (Wildman–Crippen MR) is 107 cm³/mol. The Balaban J connectivity index is 1.68. The second-order valence-corrected chi connectivity index (χ2v) is 7.25. The molecule has 2 N–H and O–H groups in total. The molecule has 8 heteroatoms. The number of rotatable bonds is 3. The molecule has 1 saturated heterocycles. The SMILES string of the molecule is O=C(O)N1C[C@@H](F)C[C@@H](Nc2nnc(-c3ccc(Cl)cc3)c3ccccc23)C1. The normalized spacial score (nSPS) is 19.6. The number of nitrogens with zero attached hydrogens (tertiary/aromatic N) is 3. The van der Waals surface area contributed by atoms with E-state index >= 15 is 0 Å². The summed E-state index contributed by atoms with van der Waals surface area (Å²) in [5.41, 5.74) is 1.61. The molecule has 1 aliphatic heterocycles. The molecular weight excluding hydrogens is 383 g/mol. The number of amides is 1. The van der Waals surface area contributed by atoms with Crippen molar-refractivity contribution in [1.29, 1.82) is 0 Å². The van der Waals surface area contributed by atoms with Gasteiger partial charge in [0.2, 0.25) is 0 Å². The van der Waals surface area contributed by atoms with Crippen molar-refractivity contribution in [2.75, 3.05) is 18.4 Å². The van der Waals surface area contributed by atoms with Gasteiger partial charge in [0.15, 0.2) is 5.82 Å². The zero-order chi connectivity index (χ0) is 19.7. The van der Waals surface area contributed by atoms with Crippen LogP contribution in [0.2, 0.25) is 5.02 Å². The first-order valence-corrected chi connectivity index (χ1v) is 9.29. The molecule has 0 saturated carbocycles. The zero-order valence-corrected chi connectivity index (χ0v) is 15.6. The summed E-state index contributed by atoms with van der Waals surface area (Å²) >= 11 is 5.97. The van der Waals surface area contributed by atoms with Crippen LogP contribution < -0.4 is 5.32 Å². The van der Waals surface area contributed by atoms with Gasteiger partial charge in [-0.25, -0.2) is 9.18 Å². The number of carbonyl (C=O) groups is 1. The van der Waals surface area contributed by atoms with Crippen molar-refractivity contribution < 1.29 is 14.3 Å². The van der Waals surface area contributed by atoms with E-state index in [-0.39, 0.29) is 25.6 Å². The van der Waals surface area contributed by atoms with Crippen molar-refractivity contribution in [3.8, 4) is 11.3 Å². The Morgan fingerprint density at radius 1 is 1.11 bits per heavy atom. The van der Waals surface area contributed by atoms with Crippen LogP contribution in [0.3, 0.4) is 0 Å². The molecule has 6 nitrogen and oxygen atoms in total. The van der Waals surface area contributed by atoms with Gasteiger partial charge >= 0.3 is 6.09 Å². The first kappa shape index (κ1) is 18.4. The maximum Gasteiger partial charge on any atom is 0.407 e. The summed E-state index contributed by atoms with van der Waals surface area (Å²) < 4.78 is 14.0. The minimum atomic E-state index is -1.21. The Hall–Kier alpha value is -2.93. The highest BCUT2D eigenvalue weighted by atomic mass is 35.5. The van der Waals surface area contributed by atoms with E-state index in [0.717, 1.165) is 26.9 Å². The number of nitrogens with one attached hydrogen (secondary N) is 1. The van der Waals surface area contributed by atoms with E-state index in [1.807, 2.05) is 36.4 Å². The molecule has 2 aromatic carbocycles. The first-order chi connectivity index (χ1) is 13.5. The molecule has 1 fully saturated rings. The van der Waals surface area contributed by atoms with Crippen LogP contribution >= 0.6 is 11.6 Å². The van der Waals surface area contributed by atoms with Crippen LogP contribution in [0.1, 0.15) is 6.42 Å². The Kier molecular flexibility index (Phi) is 5.00. The summed E-state index contributed by atoms with van der Waals surface area (Å²) in [6.45, 7) is 0.0974. The first-order valence-electron chi connectivity index (χ1n) is 8.91. The van der Waals surface area contributed by atoms with Gasteiger partial charge in [0.25, 0.3) is 0 Å². The quantitative estimate of drug-likeness (QED) is 0.679. The average molecular weight is 401 g/mol. The lowest BCUT2D eigenvalue weighted by Gasteiger charge is -2.33. The number of hydrogen-bond acceptors (Lipinski definition) is 4. The number of alkyl halides is 1. The standard InChI is InChI=1S/C20H18ClFN4O2/c21-13-7-5-12(6-8-13)18-16-3-1-2-4-17(16)19(25-24-18)23-15-9-14(22)10-26(11-15)20(27)28/h1-8,14-15H,9-11H2,(H,23,25)(H,27,28)/t14-,15+/m0/s1. The molecule has 144 valence electrons. The van der Waals surface area contributed by atoms with Gasteiger partial charge in [0.1, 0.15) is 11.9 Å². The number of piperidine rings is 1. The van der Waals surface area contributed by atoms with Crippen molar-refractivity contribution in [3.05, 3.63) is 53.6 Å². The van der Waals surface area contributed by atoms with Crippen molar-refractivity contribution in [1.82, 2.24) is 15.1 Å². The number of halogens is 2. The minimum absolute atomic E-state index is 0.102. The van der Waals surface area contributed by atoms with Crippen molar-refractivity contribution in [2.24, 2.45) is 0 Å². The topological polar surface area (TPSA) is 78.4 Å². The molecule has 0 radical (unpaired) electrons. The monoisotopic (exact) mass is 400 g/mol. The molecular formula is C20H18ClFN4O2. The van der Waals surface area contributed by atoms with Gasteiger partial charge in [0.05, 0.1) is 6.54 Å². The Morgan fingerprint density at radius 2 is 1.82 bits per heavy atom. The Morgan fingerprint density at radius 3 is 2.54 bits per heavy atom. The van der Waals surface area contributed by atoms with E-state index < -0.39 is 12.3 Å². The molecule has 0 aliphatic carbocycles. The molecule has 28 heavy (non-hydrogen) atoms. The third-order valence-corrected chi connectivity index (χ3v) is 5.07. The smallest absolute Gasteiger partial charge is 0.407 e. The lowest BCUT2D eigenvalue weighted by Crippen LogP contribution is -2.49. The van der Waals surface area contributed by atoms with Crippen LogP contribution in [0.15, 0.2) is 48.5 Å². The Bertz CT molecular complexity index is 1010. The van der Waals surface area contributed by atoms with Crippen LogP contribution in [-0.4, -0.2) is 51.6 Å². The molecule has 4 rings (SSSR count). The maximum atomic E-state index is 14.0. The number of carboxylic acid groups (broad SMARTS) is 1. The molecule has 1 amide bonds. The molecule has 3 aromatic rings. The van der Waals surface area contributed by atoms with Crippen molar-refractivity contribution in [3.63, 3.8) is 0 Å². The highest BCUT2D eigenvalue weighted by Gasteiger charge is 2.30. The summed E-state index contributed by atoms with van der Waals surface area (Å²) in [6, 6.07) is 14.6. The molecule has 2 heterocycles. The van der Waals surface area contributed by atoms with Gasteiger partial charge in [0, 0.05) is 40.4 Å². The fourth-order valence-electron chi connectivity index (χ4n) is 3.52. The van der Waals surface area contributed by atoms with E-state index in [1.54, 1.807) is 12.1 Å². The van der Waals surface area contributed by atoms with Gasteiger partial charge < -0.3 is 15.3 Å². The lowest BCUT2D eigenvalue weighted by molar-refractivity contribution is 0.102. The molecule has 0 bridgehead atoms. The number of fused-ring (bicyclic) bond motifs is 1. The average Bonchev–Trinajstić information content (AvgIpc) is 2.69. The number of aromatic nitrogens is 2. The van der Waals surface area contributed by atoms with E-state index in [9.17, 15) is 14.3 Å². The van der Waals surface area contributed by atoms with Gasteiger partial charge in [-0.05, 0) is 12.1 Å². The third kappa shape index (κ3) is 3.71. The molecule has 1 aliphatic rings. The van der Waals surface area contributed by atoms with Crippen LogP contribution in [0, 0.1) is 0 Å². The van der Waals surface area contributed by atoms with Crippen LogP contribution in [0.25, 0.3) is 22.0 Å². The van der Waals surface area contributed by atoms with Crippen molar-refractivity contribution in [2.45, 2.75) is 18.6 Å². The zero-order valence-electron chi connectivity index (χ0n) is 14.8. The summed E-state index contributed by atoms with van der Waals surface area (Å²) in [7, 11) is 0. The Labute approximate surface area is 165 Å². The van der Waals surface area contributed by atoms with Gasteiger partial charge in [-0.1, -0.05) is 48.0 Å². The second-order valence-electron chi connectivity index (χ2n) is 6.81. The van der Waals surface area contributed by atoms with Crippen LogP contribution in [0.4, 0.5) is 15.0 Å². The van der Waals surface area contributed by atoms with Gasteiger partial charge in [-0.2, -0.15) is 0 Å². The van der Waals surface area contributed by atoms with Crippen molar-refractivity contribution >= 4 is 34.3 Å². The minimum Gasteiger partial charge on any atom is -0.465 e. The summed E-state index contributed by atoms with van der Waals surface area (Å²) in [6.07, 6.45) is -2.11. The van der Waals surface area contributed by atoms with E-state index in [4.69, 9.17) is 11.6 Å². The summed E-state index contributed by atoms with van der Waals surface area (Å²) in [5.74, 6) is 0.512. The fourth-order valence-corrected chi connectivity index (χ4v) is 3.65. The van der Waals surface area contributed by atoms with Gasteiger partial charge in [-0.15, -0.1) is 10.2 Å². The highest BCUT2D eigenvalue weighted by Crippen LogP contribution is 2.31. The van der Waals surface area contributed by atoms with E-state index in [0.29, 0.717) is 10.8 Å². The lowest BCUT2D eigenvalue weighted by atomic mass is 10.0. The fraction of sp³-hybridized carbons (Fsp3) is 0.250. The van der Waals surface area contributed by atoms with Crippen LogP contribution in [0.5, 0.6) is 0 Å². The number of hydrogen-bond donors (Lipinski definition) is 2. The number of anilines is 1. The molecule has 0 spiro atoms. The van der Waals surface area contributed by atoms with Gasteiger partial charge in [-0.3, -0.25) is 0 Å². The summed E-state index contributed by atoms with van der Waals surface area (Å²) in [5, 5.41) is 23.4. The number of benzene rings is 2. The predicted octanol–water partition coefficient (Wildman–Crippen LogP) is 4.45. The maximum absolute atomic E-state index is 14.0. The second kappa shape index (κ2) is 7.59. The number of likely N-dealkylation sites (tertiary alicyclic amines) is 1. The molecule has 1 aromatic heterocycles. The van der Waals surface area contributed by atoms with E-state index in [1.165, 1.54) is 0 Å². The third-order valence-electron chi connectivity index (χ3n) is 4.82. The largest absolute Gasteiger partial charge is 0.465 e. The van der Waals surface area contributed by atoms with Crippen LogP contribution in [-0.2, 0) is 0 Å². The van der Waals surface area contributed by atoms with E-state index in [2.05, 4.69) is 15.5 Å². The molecule has 2 atom stereocenters.